The van der Waals surface area contributed by atoms with Gasteiger partial charge >= 0.3 is 0 Å². The van der Waals surface area contributed by atoms with Gasteiger partial charge in [-0.2, -0.15) is 0 Å². The van der Waals surface area contributed by atoms with Crippen LogP contribution in [-0.4, -0.2) is 37.6 Å². The summed E-state index contributed by atoms with van der Waals surface area (Å²) in [5, 5.41) is 2.98. The number of hydrogen-bond donors (Lipinski definition) is 1. The molecule has 144 valence electrons. The van der Waals surface area contributed by atoms with Gasteiger partial charge in [-0.25, -0.2) is 4.39 Å². The second-order valence-corrected chi connectivity index (χ2v) is 7.07. The van der Waals surface area contributed by atoms with E-state index in [2.05, 4.69) is 10.2 Å². The van der Waals surface area contributed by atoms with E-state index in [1.807, 2.05) is 24.3 Å². The minimum Gasteiger partial charge on any atom is -0.496 e. The van der Waals surface area contributed by atoms with Crippen molar-refractivity contribution < 1.29 is 13.9 Å². The molecule has 0 saturated carbocycles. The maximum Gasteiger partial charge on any atom is 0.255 e. The highest BCUT2D eigenvalue weighted by atomic mass is 35.5. The molecule has 1 amide bonds. The van der Waals surface area contributed by atoms with E-state index in [0.717, 1.165) is 37.2 Å². The summed E-state index contributed by atoms with van der Waals surface area (Å²) < 4.78 is 19.6. The lowest BCUT2D eigenvalue weighted by molar-refractivity contribution is 0.0919. The summed E-state index contributed by atoms with van der Waals surface area (Å²) in [6.07, 6.45) is 3.46. The Morgan fingerprint density at radius 2 is 1.93 bits per heavy atom. The number of likely N-dealkylation sites (tertiary alicyclic amines) is 1. The van der Waals surface area contributed by atoms with E-state index in [-0.39, 0.29) is 16.6 Å². The van der Waals surface area contributed by atoms with Crippen molar-refractivity contribution >= 4 is 17.5 Å². The van der Waals surface area contributed by atoms with Gasteiger partial charge in [0.2, 0.25) is 0 Å². The second kappa shape index (κ2) is 9.20. The first-order valence-electron chi connectivity index (χ1n) is 9.21. The van der Waals surface area contributed by atoms with E-state index in [1.165, 1.54) is 24.6 Å². The third kappa shape index (κ3) is 4.60. The average molecular weight is 391 g/mol. The molecular formula is C21H24ClFN2O2. The minimum atomic E-state index is -0.619. The normalized spacial score (nSPS) is 16.0. The third-order valence-electron chi connectivity index (χ3n) is 4.98. The van der Waals surface area contributed by atoms with Crippen molar-refractivity contribution in [3.63, 3.8) is 0 Å². The maximum atomic E-state index is 14.0. The molecule has 1 aliphatic heterocycles. The highest BCUT2D eigenvalue weighted by Gasteiger charge is 2.26. The van der Waals surface area contributed by atoms with E-state index in [4.69, 9.17) is 16.3 Å². The molecule has 0 bridgehead atoms. The van der Waals surface area contributed by atoms with Crippen LogP contribution in [0, 0.1) is 5.82 Å². The molecule has 27 heavy (non-hydrogen) atoms. The highest BCUT2D eigenvalue weighted by Crippen LogP contribution is 2.31. The second-order valence-electron chi connectivity index (χ2n) is 6.66. The lowest BCUT2D eigenvalue weighted by atomic mass is 10.0. The Hall–Kier alpha value is -2.11. The van der Waals surface area contributed by atoms with Crippen molar-refractivity contribution in [3.8, 4) is 5.75 Å². The van der Waals surface area contributed by atoms with Gasteiger partial charge in [-0.15, -0.1) is 0 Å². The summed E-state index contributed by atoms with van der Waals surface area (Å²) in [6.45, 7) is 2.27. The Morgan fingerprint density at radius 3 is 2.63 bits per heavy atom. The van der Waals surface area contributed by atoms with Crippen molar-refractivity contribution in [1.29, 1.82) is 0 Å². The smallest absolute Gasteiger partial charge is 0.255 e. The largest absolute Gasteiger partial charge is 0.496 e. The number of nitrogens with zero attached hydrogens (tertiary/aromatic N) is 1. The number of methoxy groups -OCH3 is 1. The molecule has 1 unspecified atom stereocenters. The number of benzene rings is 2. The van der Waals surface area contributed by atoms with Crippen LogP contribution in [0.3, 0.4) is 0 Å². The van der Waals surface area contributed by atoms with Crippen molar-refractivity contribution in [2.24, 2.45) is 0 Å². The number of carbonyl (C=O) groups excluding carboxylic acids is 1. The SMILES string of the molecule is COc1ccccc1C(CNC(=O)c1c(F)cccc1Cl)N1CCCCC1. The molecule has 4 nitrogen and oxygen atoms in total. The van der Waals surface area contributed by atoms with Crippen LogP contribution in [0.1, 0.15) is 41.2 Å². The molecule has 1 saturated heterocycles. The highest BCUT2D eigenvalue weighted by molar-refractivity contribution is 6.33. The van der Waals surface area contributed by atoms with Crippen LogP contribution in [-0.2, 0) is 0 Å². The molecule has 1 heterocycles. The van der Waals surface area contributed by atoms with Crippen LogP contribution in [0.2, 0.25) is 5.02 Å². The number of halogens is 2. The number of rotatable bonds is 6. The molecule has 3 rings (SSSR count). The van der Waals surface area contributed by atoms with E-state index < -0.39 is 11.7 Å². The predicted octanol–water partition coefficient (Wildman–Crippen LogP) is 4.44. The van der Waals surface area contributed by atoms with E-state index in [1.54, 1.807) is 7.11 Å². The zero-order valence-corrected chi connectivity index (χ0v) is 16.1. The van der Waals surface area contributed by atoms with Gasteiger partial charge in [0.1, 0.15) is 11.6 Å². The molecule has 0 aliphatic carbocycles. The molecule has 1 fully saturated rings. The van der Waals surface area contributed by atoms with Crippen molar-refractivity contribution in [3.05, 3.63) is 64.4 Å². The Labute approximate surface area is 164 Å². The molecule has 2 aromatic carbocycles. The number of para-hydroxylation sites is 1. The molecule has 0 radical (unpaired) electrons. The summed E-state index contributed by atoms with van der Waals surface area (Å²) in [6, 6.07) is 12.0. The van der Waals surface area contributed by atoms with Gasteiger partial charge < -0.3 is 10.1 Å². The van der Waals surface area contributed by atoms with Crippen LogP contribution in [0.25, 0.3) is 0 Å². The molecule has 2 aromatic rings. The number of nitrogens with one attached hydrogen (secondary N) is 1. The first-order chi connectivity index (χ1) is 13.1. The number of hydrogen-bond acceptors (Lipinski definition) is 3. The fourth-order valence-electron chi connectivity index (χ4n) is 3.60. The topological polar surface area (TPSA) is 41.6 Å². The number of carbonyl (C=O) groups is 1. The van der Waals surface area contributed by atoms with Crippen LogP contribution >= 0.6 is 11.6 Å². The van der Waals surface area contributed by atoms with Gasteiger partial charge in [-0.3, -0.25) is 9.69 Å². The van der Waals surface area contributed by atoms with Gasteiger partial charge in [0.15, 0.2) is 0 Å². The third-order valence-corrected chi connectivity index (χ3v) is 5.29. The van der Waals surface area contributed by atoms with E-state index in [0.29, 0.717) is 6.54 Å². The molecular weight excluding hydrogens is 367 g/mol. The van der Waals surface area contributed by atoms with Gasteiger partial charge in [-0.1, -0.05) is 42.3 Å². The molecule has 0 spiro atoms. The van der Waals surface area contributed by atoms with Crippen LogP contribution < -0.4 is 10.1 Å². The summed E-state index contributed by atoms with van der Waals surface area (Å²) >= 11 is 6.02. The van der Waals surface area contributed by atoms with Crippen LogP contribution in [0.4, 0.5) is 4.39 Å². The van der Waals surface area contributed by atoms with Gasteiger partial charge in [0, 0.05) is 12.1 Å². The Kier molecular flexibility index (Phi) is 6.69. The Bertz CT molecular complexity index is 773. The summed E-state index contributed by atoms with van der Waals surface area (Å²) in [5.74, 6) is -0.340. The number of amides is 1. The van der Waals surface area contributed by atoms with Gasteiger partial charge in [0.05, 0.1) is 23.7 Å². The minimum absolute atomic E-state index is 0.0454. The standard InChI is InChI=1S/C21H24ClFN2O2/c1-27-19-11-4-3-8-15(19)18(25-12-5-2-6-13-25)14-24-21(26)20-16(22)9-7-10-17(20)23/h3-4,7-11,18H,2,5-6,12-14H2,1H3,(H,24,26). The fraction of sp³-hybridized carbons (Fsp3) is 0.381. The van der Waals surface area contributed by atoms with Crippen molar-refractivity contribution in [2.45, 2.75) is 25.3 Å². The monoisotopic (exact) mass is 390 g/mol. The number of piperidine rings is 1. The lowest BCUT2D eigenvalue weighted by Crippen LogP contribution is -2.41. The van der Waals surface area contributed by atoms with Gasteiger partial charge in [-0.05, 0) is 44.1 Å². The Balaban J connectivity index is 1.82. The summed E-state index contributed by atoms with van der Waals surface area (Å²) in [5.41, 5.74) is 0.901. The van der Waals surface area contributed by atoms with E-state index >= 15 is 0 Å². The average Bonchev–Trinajstić information content (AvgIpc) is 2.69. The van der Waals surface area contributed by atoms with Crippen molar-refractivity contribution in [1.82, 2.24) is 10.2 Å². The van der Waals surface area contributed by atoms with Crippen LogP contribution in [0.15, 0.2) is 42.5 Å². The zero-order chi connectivity index (χ0) is 19.2. The molecule has 6 heteroatoms. The fourth-order valence-corrected chi connectivity index (χ4v) is 3.85. The predicted molar refractivity (Wildman–Crippen MR) is 105 cm³/mol. The summed E-state index contributed by atoms with van der Waals surface area (Å²) in [7, 11) is 1.64. The first-order valence-corrected chi connectivity index (χ1v) is 9.58. The molecule has 0 aromatic heterocycles. The quantitative estimate of drug-likeness (QED) is 0.792. The van der Waals surface area contributed by atoms with Crippen LogP contribution in [0.5, 0.6) is 5.75 Å². The first kappa shape index (κ1) is 19.6. The maximum absolute atomic E-state index is 14.0. The van der Waals surface area contributed by atoms with Crippen molar-refractivity contribution in [2.75, 3.05) is 26.7 Å². The van der Waals surface area contributed by atoms with E-state index in [9.17, 15) is 9.18 Å². The Morgan fingerprint density at radius 1 is 1.19 bits per heavy atom. The number of ether oxygens (including phenoxy) is 1. The lowest BCUT2D eigenvalue weighted by Gasteiger charge is -2.35. The molecule has 1 aliphatic rings. The molecule has 1 atom stereocenters. The zero-order valence-electron chi connectivity index (χ0n) is 15.4. The molecule has 1 N–H and O–H groups in total. The van der Waals surface area contributed by atoms with Gasteiger partial charge in [0.25, 0.3) is 5.91 Å². The summed E-state index contributed by atoms with van der Waals surface area (Å²) in [4.78, 5) is 14.9.